The molecule has 0 bridgehead atoms. The first-order chi connectivity index (χ1) is 9.65. The summed E-state index contributed by atoms with van der Waals surface area (Å²) in [7, 11) is 0. The number of nitrogens with zero attached hydrogens (tertiary/aromatic N) is 3. The molecule has 0 saturated heterocycles. The first-order valence-corrected chi connectivity index (χ1v) is 6.66. The molecule has 0 radical (unpaired) electrons. The Morgan fingerprint density at radius 2 is 2.05 bits per heavy atom. The third-order valence-electron chi connectivity index (χ3n) is 2.76. The minimum absolute atomic E-state index is 0.349. The minimum atomic E-state index is -0.601. The van der Waals surface area contributed by atoms with Crippen molar-refractivity contribution < 1.29 is 8.78 Å². The van der Waals surface area contributed by atoms with Crippen LogP contribution in [0.25, 0.3) is 21.1 Å². The third-order valence-corrected chi connectivity index (χ3v) is 3.85. The van der Waals surface area contributed by atoms with Gasteiger partial charge >= 0.3 is 0 Å². The summed E-state index contributed by atoms with van der Waals surface area (Å²) in [6.07, 6.45) is 4.15. The molecule has 0 aliphatic rings. The van der Waals surface area contributed by atoms with Crippen molar-refractivity contribution >= 4 is 11.3 Å². The van der Waals surface area contributed by atoms with Crippen LogP contribution in [0.4, 0.5) is 8.78 Å². The van der Waals surface area contributed by atoms with E-state index >= 15 is 0 Å². The monoisotopic (exact) mass is 289 g/mol. The molecule has 6 heteroatoms. The van der Waals surface area contributed by atoms with Crippen molar-refractivity contribution in [1.29, 1.82) is 0 Å². The zero-order chi connectivity index (χ0) is 14.1. The highest BCUT2D eigenvalue weighted by Gasteiger charge is 2.17. The molecule has 0 N–H and O–H groups in total. The van der Waals surface area contributed by atoms with Crippen LogP contribution in [-0.4, -0.2) is 15.0 Å². The van der Waals surface area contributed by atoms with Crippen LogP contribution in [-0.2, 0) is 0 Å². The van der Waals surface area contributed by atoms with Gasteiger partial charge in [-0.15, -0.1) is 11.3 Å². The summed E-state index contributed by atoms with van der Waals surface area (Å²) in [4.78, 5) is 12.1. The van der Waals surface area contributed by atoms with Gasteiger partial charge < -0.3 is 0 Å². The van der Waals surface area contributed by atoms with E-state index in [9.17, 15) is 8.78 Å². The summed E-state index contributed by atoms with van der Waals surface area (Å²) in [5, 5.41) is 0.384. The minimum Gasteiger partial charge on any atom is -0.261 e. The Labute approximate surface area is 118 Å². The number of rotatable bonds is 2. The second-order valence-corrected chi connectivity index (χ2v) is 5.20. The summed E-state index contributed by atoms with van der Waals surface area (Å²) in [5.41, 5.74) is 1.87. The van der Waals surface area contributed by atoms with Crippen LogP contribution in [0.3, 0.4) is 0 Å². The number of hydrogen-bond donors (Lipinski definition) is 0. The Kier molecular flexibility index (Phi) is 3.23. The second kappa shape index (κ2) is 5.05. The Morgan fingerprint density at radius 1 is 1.20 bits per heavy atom. The van der Waals surface area contributed by atoms with Gasteiger partial charge in [-0.2, -0.15) is 4.39 Å². The number of aromatic nitrogens is 3. The molecule has 20 heavy (non-hydrogen) atoms. The number of aryl methyl sites for hydroxylation is 1. The maximum atomic E-state index is 14.0. The van der Waals surface area contributed by atoms with Crippen LogP contribution >= 0.6 is 11.3 Å². The first kappa shape index (κ1) is 12.8. The Morgan fingerprint density at radius 3 is 2.80 bits per heavy atom. The van der Waals surface area contributed by atoms with E-state index in [0.717, 1.165) is 23.1 Å². The summed E-state index contributed by atoms with van der Waals surface area (Å²) < 4.78 is 27.2. The maximum absolute atomic E-state index is 14.0. The van der Waals surface area contributed by atoms with Crippen molar-refractivity contribution in [2.75, 3.05) is 0 Å². The second-order valence-electron chi connectivity index (χ2n) is 4.20. The summed E-state index contributed by atoms with van der Waals surface area (Å²) in [6.45, 7) is 1.85. The topological polar surface area (TPSA) is 38.7 Å². The van der Waals surface area contributed by atoms with Crippen molar-refractivity contribution in [2.45, 2.75) is 6.92 Å². The lowest BCUT2D eigenvalue weighted by Crippen LogP contribution is -1.87. The zero-order valence-electron chi connectivity index (χ0n) is 10.5. The molecule has 0 saturated carbocycles. The predicted molar refractivity (Wildman–Crippen MR) is 73.2 cm³/mol. The average molecular weight is 289 g/mol. The lowest BCUT2D eigenvalue weighted by Gasteiger charge is -1.99. The van der Waals surface area contributed by atoms with Gasteiger partial charge in [0.2, 0.25) is 5.95 Å². The molecule has 0 aliphatic carbocycles. The highest BCUT2D eigenvalue weighted by Crippen LogP contribution is 2.34. The summed E-state index contributed by atoms with van der Waals surface area (Å²) in [6, 6.07) is 4.92. The van der Waals surface area contributed by atoms with Gasteiger partial charge in [-0.3, -0.25) is 9.97 Å². The fraction of sp³-hybridized carbons (Fsp3) is 0.0714. The van der Waals surface area contributed by atoms with E-state index in [4.69, 9.17) is 0 Å². The molecule has 0 unspecified atom stereocenters. The van der Waals surface area contributed by atoms with Crippen molar-refractivity contribution in [3.05, 3.63) is 54.1 Å². The van der Waals surface area contributed by atoms with Crippen molar-refractivity contribution in [3.63, 3.8) is 0 Å². The third kappa shape index (κ3) is 2.30. The molecule has 0 fully saturated rings. The first-order valence-electron chi connectivity index (χ1n) is 5.84. The molecule has 3 aromatic rings. The standard InChI is InChI=1S/C14H9F2N3S/c1-8-3-2-4-18-11(8)12-13(16)19-14(20-12)9-5-10(15)7-17-6-9/h2-7H,1H3. The quantitative estimate of drug-likeness (QED) is 0.719. The molecule has 3 aromatic heterocycles. The Balaban J connectivity index is 2.10. The van der Waals surface area contributed by atoms with Gasteiger partial charge in [-0.05, 0) is 24.6 Å². The summed E-state index contributed by atoms with van der Waals surface area (Å²) >= 11 is 1.13. The molecule has 100 valence electrons. The molecule has 0 amide bonds. The highest BCUT2D eigenvalue weighted by molar-refractivity contribution is 7.18. The van der Waals surface area contributed by atoms with Crippen LogP contribution in [0, 0.1) is 18.7 Å². The van der Waals surface area contributed by atoms with E-state index in [1.807, 2.05) is 13.0 Å². The molecular formula is C14H9F2N3S. The molecule has 3 rings (SSSR count). The normalized spacial score (nSPS) is 10.8. The number of hydrogen-bond acceptors (Lipinski definition) is 4. The number of halogens is 2. The van der Waals surface area contributed by atoms with Gasteiger partial charge in [0.15, 0.2) is 0 Å². The van der Waals surface area contributed by atoms with Crippen LogP contribution in [0.2, 0.25) is 0 Å². The van der Waals surface area contributed by atoms with E-state index < -0.39 is 11.8 Å². The van der Waals surface area contributed by atoms with E-state index in [1.54, 1.807) is 12.3 Å². The number of pyridine rings is 2. The molecule has 0 spiro atoms. The highest BCUT2D eigenvalue weighted by atomic mass is 32.1. The largest absolute Gasteiger partial charge is 0.261 e. The van der Waals surface area contributed by atoms with E-state index in [1.165, 1.54) is 12.3 Å². The van der Waals surface area contributed by atoms with E-state index in [2.05, 4.69) is 15.0 Å². The van der Waals surface area contributed by atoms with Crippen LogP contribution in [0.5, 0.6) is 0 Å². The zero-order valence-corrected chi connectivity index (χ0v) is 11.3. The molecule has 3 heterocycles. The van der Waals surface area contributed by atoms with Gasteiger partial charge in [0.1, 0.15) is 15.7 Å². The van der Waals surface area contributed by atoms with Gasteiger partial charge in [0.05, 0.1) is 11.9 Å². The average Bonchev–Trinajstić information content (AvgIpc) is 2.81. The maximum Gasteiger partial charge on any atom is 0.233 e. The van der Waals surface area contributed by atoms with Crippen LogP contribution in [0.15, 0.2) is 36.8 Å². The van der Waals surface area contributed by atoms with Gasteiger partial charge in [-0.1, -0.05) is 6.07 Å². The van der Waals surface area contributed by atoms with Crippen molar-refractivity contribution in [1.82, 2.24) is 15.0 Å². The van der Waals surface area contributed by atoms with Crippen molar-refractivity contribution in [2.24, 2.45) is 0 Å². The predicted octanol–water partition coefficient (Wildman–Crippen LogP) is 3.85. The number of thiazole rings is 1. The summed E-state index contributed by atoms with van der Waals surface area (Å²) in [5.74, 6) is -1.08. The van der Waals surface area contributed by atoms with Gasteiger partial charge in [0.25, 0.3) is 0 Å². The fourth-order valence-corrected chi connectivity index (χ4v) is 2.81. The smallest absolute Gasteiger partial charge is 0.233 e. The van der Waals surface area contributed by atoms with E-state index in [0.29, 0.717) is 21.1 Å². The lowest BCUT2D eigenvalue weighted by atomic mass is 10.2. The van der Waals surface area contributed by atoms with Crippen molar-refractivity contribution in [3.8, 4) is 21.1 Å². The van der Waals surface area contributed by atoms with Gasteiger partial charge in [-0.25, -0.2) is 9.37 Å². The Bertz CT molecular complexity index is 771. The Hall–Kier alpha value is -2.21. The lowest BCUT2D eigenvalue weighted by molar-refractivity contribution is 0.595. The molecular weight excluding hydrogens is 280 g/mol. The molecule has 3 nitrogen and oxygen atoms in total. The van der Waals surface area contributed by atoms with Crippen LogP contribution in [0.1, 0.15) is 5.56 Å². The van der Waals surface area contributed by atoms with E-state index in [-0.39, 0.29) is 0 Å². The van der Waals surface area contributed by atoms with Gasteiger partial charge in [0, 0.05) is 18.0 Å². The fourth-order valence-electron chi connectivity index (χ4n) is 1.82. The molecule has 0 aliphatic heterocycles. The SMILES string of the molecule is Cc1cccnc1-c1sc(-c2cncc(F)c2)nc1F. The van der Waals surface area contributed by atoms with Crippen LogP contribution < -0.4 is 0 Å². The molecule has 0 aromatic carbocycles. The molecule has 0 atom stereocenters.